The van der Waals surface area contributed by atoms with Crippen molar-refractivity contribution in [1.82, 2.24) is 9.62 Å². The van der Waals surface area contributed by atoms with E-state index < -0.39 is 27.2 Å². The van der Waals surface area contributed by atoms with Gasteiger partial charge in [0.15, 0.2) is 11.6 Å². The van der Waals surface area contributed by atoms with Gasteiger partial charge in [-0.05, 0) is 48.9 Å². The number of nitrogens with one attached hydrogen (secondary N) is 1. The minimum Gasteiger partial charge on any atom is -0.342 e. The lowest BCUT2D eigenvalue weighted by atomic mass is 9.60. The number of hydrogen-bond donors (Lipinski definition) is 1. The molecule has 4 aliphatic rings. The molecule has 1 aliphatic carbocycles. The van der Waals surface area contributed by atoms with Crippen LogP contribution in [0.15, 0.2) is 62.1 Å². The number of carbonyl (C=O) groups is 1. The maximum Gasteiger partial charge on any atom is 0.416 e. The highest BCUT2D eigenvalue weighted by Gasteiger charge is 2.53. The Morgan fingerprint density at radius 1 is 1.06 bits per heavy atom. The first-order chi connectivity index (χ1) is 15.8. The number of hydrogen-bond acceptors (Lipinski definition) is 6. The van der Waals surface area contributed by atoms with E-state index in [2.05, 4.69) is 15.5 Å². The molecule has 1 spiro atoms. The summed E-state index contributed by atoms with van der Waals surface area (Å²) in [6.07, 6.45) is -2.65. The standard InChI is InChI=1S/C23H25F3N4O3S/c1-21(2)11-17-19(18(31)12-21)22(16-13-27-29-20(16)28-17)7-9-30(10-8-22)34(32,33)15-5-3-14(4-6-15)23(24,25)26/h3-6,28H,7-13H2,1-2H3. The first kappa shape index (κ1) is 23.2. The van der Waals surface area contributed by atoms with Gasteiger partial charge in [0.25, 0.3) is 0 Å². The fourth-order valence-electron chi connectivity index (χ4n) is 5.69. The number of nitrogens with zero attached hydrogens (tertiary/aromatic N) is 3. The van der Waals surface area contributed by atoms with Crippen LogP contribution in [0.2, 0.25) is 0 Å². The quantitative estimate of drug-likeness (QED) is 0.660. The highest BCUT2D eigenvalue weighted by Crippen LogP contribution is 2.55. The average molecular weight is 495 g/mol. The zero-order chi connectivity index (χ0) is 24.5. The molecule has 1 N–H and O–H groups in total. The van der Waals surface area contributed by atoms with Gasteiger partial charge in [-0.2, -0.15) is 22.6 Å². The molecule has 0 aromatic heterocycles. The highest BCUT2D eigenvalue weighted by molar-refractivity contribution is 7.89. The van der Waals surface area contributed by atoms with Gasteiger partial charge in [-0.1, -0.05) is 13.8 Å². The van der Waals surface area contributed by atoms with Crippen molar-refractivity contribution in [3.05, 3.63) is 52.5 Å². The van der Waals surface area contributed by atoms with Crippen LogP contribution in [0.25, 0.3) is 0 Å². The average Bonchev–Trinajstić information content (AvgIpc) is 3.22. The Morgan fingerprint density at radius 2 is 1.71 bits per heavy atom. The van der Waals surface area contributed by atoms with Gasteiger partial charge in [-0.3, -0.25) is 4.79 Å². The molecule has 7 nitrogen and oxygen atoms in total. The molecular weight excluding hydrogens is 469 g/mol. The van der Waals surface area contributed by atoms with Gasteiger partial charge < -0.3 is 5.32 Å². The summed E-state index contributed by atoms with van der Waals surface area (Å²) in [6.45, 7) is 4.74. The molecule has 0 saturated carbocycles. The van der Waals surface area contributed by atoms with Crippen molar-refractivity contribution in [2.24, 2.45) is 21.1 Å². The summed E-state index contributed by atoms with van der Waals surface area (Å²) in [5, 5.41) is 11.7. The Bertz CT molecular complexity index is 1250. The second-order valence-electron chi connectivity index (χ2n) is 10.2. The van der Waals surface area contributed by atoms with E-state index in [1.54, 1.807) is 0 Å². The van der Waals surface area contributed by atoms with Crippen LogP contribution in [-0.2, 0) is 21.0 Å². The van der Waals surface area contributed by atoms with Crippen molar-refractivity contribution in [3.63, 3.8) is 0 Å². The minimum atomic E-state index is -4.54. The molecule has 0 bridgehead atoms. The van der Waals surface area contributed by atoms with Crippen molar-refractivity contribution in [2.45, 2.75) is 50.6 Å². The van der Waals surface area contributed by atoms with E-state index >= 15 is 0 Å². The van der Waals surface area contributed by atoms with E-state index in [1.165, 1.54) is 4.31 Å². The number of allylic oxidation sites excluding steroid dienone is 2. The molecule has 1 aromatic rings. The third-order valence-corrected chi connectivity index (χ3v) is 9.19. The van der Waals surface area contributed by atoms with Crippen molar-refractivity contribution >= 4 is 15.8 Å². The van der Waals surface area contributed by atoms with Crippen LogP contribution in [0.4, 0.5) is 13.2 Å². The van der Waals surface area contributed by atoms with E-state index in [9.17, 15) is 26.4 Å². The van der Waals surface area contributed by atoms with Crippen LogP contribution in [0.5, 0.6) is 0 Å². The predicted molar refractivity (Wildman–Crippen MR) is 117 cm³/mol. The van der Waals surface area contributed by atoms with Crippen LogP contribution in [0.3, 0.4) is 0 Å². The number of rotatable bonds is 2. The van der Waals surface area contributed by atoms with Crippen LogP contribution in [0.1, 0.15) is 45.1 Å². The van der Waals surface area contributed by atoms with Crippen LogP contribution >= 0.6 is 0 Å². The molecule has 0 atom stereocenters. The predicted octanol–water partition coefficient (Wildman–Crippen LogP) is 4.40. The van der Waals surface area contributed by atoms with E-state index in [0.29, 0.717) is 38.0 Å². The third-order valence-electron chi connectivity index (χ3n) is 7.28. The number of alkyl halides is 3. The number of Topliss-reactive ketones (excluding diaryl/α,β-unsaturated/α-hetero) is 1. The van der Waals surface area contributed by atoms with E-state index in [4.69, 9.17) is 0 Å². The molecule has 3 aliphatic heterocycles. The summed E-state index contributed by atoms with van der Waals surface area (Å²) in [4.78, 5) is 13.1. The molecular formula is C23H25F3N4O3S. The van der Waals surface area contributed by atoms with Crippen LogP contribution < -0.4 is 5.32 Å². The monoisotopic (exact) mass is 494 g/mol. The number of sulfonamides is 1. The summed E-state index contributed by atoms with van der Waals surface area (Å²) in [5.74, 6) is 0.722. The fourth-order valence-corrected chi connectivity index (χ4v) is 7.13. The van der Waals surface area contributed by atoms with Gasteiger partial charge >= 0.3 is 6.18 Å². The molecule has 34 heavy (non-hydrogen) atoms. The number of fused-ring (bicyclic) bond motifs is 2. The van der Waals surface area contributed by atoms with Gasteiger partial charge in [0.2, 0.25) is 10.0 Å². The normalized spacial score (nSPS) is 24.3. The van der Waals surface area contributed by atoms with Gasteiger partial charge in [0.05, 0.1) is 17.0 Å². The van der Waals surface area contributed by atoms with E-state index in [0.717, 1.165) is 41.1 Å². The summed E-state index contributed by atoms with van der Waals surface area (Å²) in [6, 6.07) is 3.55. The Hall–Kier alpha value is -2.53. The Kier molecular flexibility index (Phi) is 5.11. The second-order valence-corrected chi connectivity index (χ2v) is 12.1. The zero-order valence-corrected chi connectivity index (χ0v) is 19.7. The van der Waals surface area contributed by atoms with Gasteiger partial charge in [-0.15, -0.1) is 5.11 Å². The molecule has 1 aromatic carbocycles. The molecule has 0 radical (unpaired) electrons. The molecule has 3 heterocycles. The Labute approximate surface area is 195 Å². The second kappa shape index (κ2) is 7.48. The zero-order valence-electron chi connectivity index (χ0n) is 18.9. The van der Waals surface area contributed by atoms with Gasteiger partial charge in [-0.25, -0.2) is 8.42 Å². The van der Waals surface area contributed by atoms with Crippen LogP contribution in [-0.4, -0.2) is 38.1 Å². The first-order valence-corrected chi connectivity index (χ1v) is 12.6. The SMILES string of the molecule is CC1(C)CC(=O)C2=C(C1)NC1=C(CN=N1)C21CCN(S(=O)(=O)c2ccc(C(F)(F)F)cc2)CC1. The maximum atomic E-state index is 13.3. The number of carbonyl (C=O) groups excluding carboxylic acids is 1. The lowest BCUT2D eigenvalue weighted by molar-refractivity contribution is -0.137. The van der Waals surface area contributed by atoms with Crippen molar-refractivity contribution in [2.75, 3.05) is 19.6 Å². The topological polar surface area (TPSA) is 91.2 Å². The number of ketones is 1. The minimum absolute atomic E-state index is 0.0660. The molecule has 182 valence electrons. The largest absolute Gasteiger partial charge is 0.416 e. The molecule has 11 heteroatoms. The van der Waals surface area contributed by atoms with Crippen molar-refractivity contribution in [3.8, 4) is 0 Å². The molecule has 5 rings (SSSR count). The van der Waals surface area contributed by atoms with Crippen molar-refractivity contribution < 1.29 is 26.4 Å². The highest BCUT2D eigenvalue weighted by atomic mass is 32.2. The molecule has 0 unspecified atom stereocenters. The third kappa shape index (κ3) is 3.60. The summed E-state index contributed by atoms with van der Waals surface area (Å²) < 4.78 is 66.3. The lowest BCUT2D eigenvalue weighted by Crippen LogP contribution is -2.50. The molecule has 1 fully saturated rings. The summed E-state index contributed by atoms with van der Waals surface area (Å²) >= 11 is 0. The van der Waals surface area contributed by atoms with Gasteiger partial charge in [0.1, 0.15) is 0 Å². The van der Waals surface area contributed by atoms with Gasteiger partial charge in [0, 0.05) is 41.8 Å². The fraction of sp³-hybridized carbons (Fsp3) is 0.522. The lowest BCUT2D eigenvalue weighted by Gasteiger charge is -2.48. The number of piperidine rings is 1. The molecule has 1 saturated heterocycles. The Morgan fingerprint density at radius 3 is 2.32 bits per heavy atom. The Balaban J connectivity index is 1.44. The summed E-state index contributed by atoms with van der Waals surface area (Å²) in [7, 11) is -3.98. The smallest absolute Gasteiger partial charge is 0.342 e. The number of azo groups is 1. The number of benzene rings is 1. The van der Waals surface area contributed by atoms with Crippen LogP contribution in [0, 0.1) is 10.8 Å². The molecule has 0 amide bonds. The maximum absolute atomic E-state index is 13.3. The summed E-state index contributed by atoms with van der Waals surface area (Å²) in [5.41, 5.74) is 0.782. The van der Waals surface area contributed by atoms with E-state index in [-0.39, 0.29) is 29.2 Å². The van der Waals surface area contributed by atoms with E-state index in [1.807, 2.05) is 13.8 Å². The number of dihydropyridines is 1. The number of halogens is 3. The first-order valence-electron chi connectivity index (χ1n) is 11.2. The van der Waals surface area contributed by atoms with Crippen molar-refractivity contribution in [1.29, 1.82) is 0 Å².